The van der Waals surface area contributed by atoms with Crippen molar-refractivity contribution < 1.29 is 17.2 Å². The molecule has 0 spiro atoms. The standard InChI is InChI=1S/C22H20FN5O3S/c1-14-4-3-5-17(12-14)32(29,30)28-11-10-19-18(13-28)20(26-27(19)2)22-25-24-21(31-22)15-6-8-16(23)9-7-15/h3-9,12H,10-11,13H2,1-2H3. The highest BCUT2D eigenvalue weighted by Gasteiger charge is 2.33. The molecule has 0 radical (unpaired) electrons. The van der Waals surface area contributed by atoms with Gasteiger partial charge in [-0.1, -0.05) is 12.1 Å². The molecule has 164 valence electrons. The number of aryl methyl sites for hydroxylation is 2. The summed E-state index contributed by atoms with van der Waals surface area (Å²) in [5.74, 6) is 0.0672. The molecule has 0 saturated carbocycles. The zero-order valence-electron chi connectivity index (χ0n) is 17.5. The molecule has 0 amide bonds. The van der Waals surface area contributed by atoms with Crippen LogP contribution in [0.2, 0.25) is 0 Å². The average molecular weight is 453 g/mol. The molecule has 0 N–H and O–H groups in total. The monoisotopic (exact) mass is 453 g/mol. The number of fused-ring (bicyclic) bond motifs is 1. The topological polar surface area (TPSA) is 94.1 Å². The van der Waals surface area contributed by atoms with Crippen molar-refractivity contribution in [2.75, 3.05) is 6.54 Å². The molecular weight excluding hydrogens is 433 g/mol. The van der Waals surface area contributed by atoms with Crippen molar-refractivity contribution in [2.24, 2.45) is 7.05 Å². The van der Waals surface area contributed by atoms with Crippen LogP contribution in [0.25, 0.3) is 23.0 Å². The molecule has 8 nitrogen and oxygen atoms in total. The molecule has 1 aliphatic rings. The number of hydrogen-bond acceptors (Lipinski definition) is 6. The van der Waals surface area contributed by atoms with Crippen molar-refractivity contribution >= 4 is 10.0 Å². The van der Waals surface area contributed by atoms with Gasteiger partial charge in [0.05, 0.1) is 4.90 Å². The van der Waals surface area contributed by atoms with Crippen LogP contribution in [-0.4, -0.2) is 39.2 Å². The average Bonchev–Trinajstić information content (AvgIpc) is 3.39. The van der Waals surface area contributed by atoms with Gasteiger partial charge in [0.25, 0.3) is 5.89 Å². The van der Waals surface area contributed by atoms with Crippen LogP contribution in [0.5, 0.6) is 0 Å². The van der Waals surface area contributed by atoms with Gasteiger partial charge < -0.3 is 4.42 Å². The van der Waals surface area contributed by atoms with Crippen molar-refractivity contribution in [3.05, 3.63) is 71.2 Å². The number of rotatable bonds is 4. The van der Waals surface area contributed by atoms with Crippen LogP contribution in [0.4, 0.5) is 4.39 Å². The third-order valence-corrected chi connectivity index (χ3v) is 7.39. The maximum Gasteiger partial charge on any atom is 0.268 e. The fourth-order valence-corrected chi connectivity index (χ4v) is 5.41. The van der Waals surface area contributed by atoms with Gasteiger partial charge in [0.2, 0.25) is 15.9 Å². The van der Waals surface area contributed by atoms with E-state index >= 15 is 0 Å². The van der Waals surface area contributed by atoms with Gasteiger partial charge in [-0.2, -0.15) is 9.40 Å². The van der Waals surface area contributed by atoms with Gasteiger partial charge in [-0.15, -0.1) is 10.2 Å². The predicted octanol–water partition coefficient (Wildman–Crippen LogP) is 3.33. The highest BCUT2D eigenvalue weighted by atomic mass is 32.2. The molecule has 0 aliphatic carbocycles. The summed E-state index contributed by atoms with van der Waals surface area (Å²) >= 11 is 0. The summed E-state index contributed by atoms with van der Waals surface area (Å²) in [7, 11) is -1.85. The van der Waals surface area contributed by atoms with Crippen LogP contribution in [-0.2, 0) is 30.0 Å². The van der Waals surface area contributed by atoms with Crippen LogP contribution in [0.1, 0.15) is 16.8 Å². The largest absolute Gasteiger partial charge is 0.415 e. The fraction of sp³-hybridized carbons (Fsp3) is 0.227. The van der Waals surface area contributed by atoms with Crippen molar-refractivity contribution in [2.45, 2.75) is 24.8 Å². The minimum absolute atomic E-state index is 0.156. The van der Waals surface area contributed by atoms with E-state index in [0.29, 0.717) is 24.2 Å². The van der Waals surface area contributed by atoms with Gasteiger partial charge in [-0.05, 0) is 48.9 Å². The van der Waals surface area contributed by atoms with Crippen molar-refractivity contribution in [3.63, 3.8) is 0 Å². The quantitative estimate of drug-likeness (QED) is 0.471. The third kappa shape index (κ3) is 3.51. The van der Waals surface area contributed by atoms with E-state index in [0.717, 1.165) is 16.8 Å². The van der Waals surface area contributed by atoms with Crippen LogP contribution in [0.3, 0.4) is 0 Å². The Morgan fingerprint density at radius 3 is 2.56 bits per heavy atom. The maximum absolute atomic E-state index is 13.2. The Bertz CT molecular complexity index is 1410. The molecule has 0 bridgehead atoms. The minimum atomic E-state index is -3.66. The zero-order valence-corrected chi connectivity index (χ0v) is 18.3. The maximum atomic E-state index is 13.2. The first kappa shape index (κ1) is 20.5. The molecule has 10 heteroatoms. The molecule has 1 aliphatic heterocycles. The molecule has 2 aromatic carbocycles. The minimum Gasteiger partial charge on any atom is -0.415 e. The van der Waals surface area contributed by atoms with Crippen molar-refractivity contribution in [1.29, 1.82) is 0 Å². The van der Waals surface area contributed by atoms with Crippen molar-refractivity contribution in [1.82, 2.24) is 24.3 Å². The van der Waals surface area contributed by atoms with Crippen molar-refractivity contribution in [3.8, 4) is 23.0 Å². The highest BCUT2D eigenvalue weighted by molar-refractivity contribution is 7.89. The summed E-state index contributed by atoms with van der Waals surface area (Å²) < 4.78 is 48.7. The summed E-state index contributed by atoms with van der Waals surface area (Å²) in [6.45, 7) is 2.37. The second-order valence-electron chi connectivity index (χ2n) is 7.72. The lowest BCUT2D eigenvalue weighted by molar-refractivity contribution is 0.386. The van der Waals surface area contributed by atoms with Gasteiger partial charge in [-0.3, -0.25) is 4.68 Å². The smallest absolute Gasteiger partial charge is 0.268 e. The summed E-state index contributed by atoms with van der Waals surface area (Å²) in [5, 5.41) is 12.7. The van der Waals surface area contributed by atoms with Gasteiger partial charge in [0.1, 0.15) is 5.82 Å². The normalized spacial score (nSPS) is 14.5. The number of benzene rings is 2. The third-order valence-electron chi connectivity index (χ3n) is 5.55. The Kier molecular flexibility index (Phi) is 4.90. The SMILES string of the molecule is Cc1cccc(S(=O)(=O)N2CCc3c(c(-c4nnc(-c5ccc(F)cc5)o4)nn3C)C2)c1. The lowest BCUT2D eigenvalue weighted by Crippen LogP contribution is -2.36. The summed E-state index contributed by atoms with van der Waals surface area (Å²) in [4.78, 5) is 0.266. The van der Waals surface area contributed by atoms with E-state index in [9.17, 15) is 12.8 Å². The molecule has 4 aromatic rings. The van der Waals surface area contributed by atoms with Gasteiger partial charge >= 0.3 is 0 Å². The van der Waals surface area contributed by atoms with E-state index in [4.69, 9.17) is 4.42 Å². The van der Waals surface area contributed by atoms with Crippen LogP contribution in [0, 0.1) is 12.7 Å². The number of sulfonamides is 1. The predicted molar refractivity (Wildman–Crippen MR) is 114 cm³/mol. The Balaban J connectivity index is 1.50. The Hall–Kier alpha value is -3.37. The first-order valence-corrected chi connectivity index (χ1v) is 11.5. The Morgan fingerprint density at radius 2 is 1.81 bits per heavy atom. The Labute approximate surface area is 184 Å². The summed E-state index contributed by atoms with van der Waals surface area (Å²) in [5.41, 5.74) is 3.58. The first-order chi connectivity index (χ1) is 15.3. The van der Waals surface area contributed by atoms with Gasteiger partial charge in [0.15, 0.2) is 5.69 Å². The zero-order chi connectivity index (χ0) is 22.5. The van der Waals surface area contributed by atoms with E-state index in [2.05, 4.69) is 15.3 Å². The van der Waals surface area contributed by atoms with Crippen LogP contribution >= 0.6 is 0 Å². The lowest BCUT2D eigenvalue weighted by atomic mass is 10.1. The number of hydrogen-bond donors (Lipinski definition) is 0. The van der Waals surface area contributed by atoms with E-state index in [-0.39, 0.29) is 29.0 Å². The first-order valence-electron chi connectivity index (χ1n) is 10.0. The van der Waals surface area contributed by atoms with Crippen LogP contribution in [0.15, 0.2) is 57.8 Å². The molecule has 0 unspecified atom stereocenters. The lowest BCUT2D eigenvalue weighted by Gasteiger charge is -2.26. The molecular formula is C22H20FN5O3S. The fourth-order valence-electron chi connectivity index (χ4n) is 3.90. The second-order valence-corrected chi connectivity index (χ2v) is 9.66. The van der Waals surface area contributed by atoms with Crippen LogP contribution < -0.4 is 0 Å². The molecule has 5 rings (SSSR count). The molecule has 2 aromatic heterocycles. The summed E-state index contributed by atoms with van der Waals surface area (Å²) in [6.07, 6.45) is 0.517. The number of aromatic nitrogens is 4. The van der Waals surface area contributed by atoms with Gasteiger partial charge in [-0.25, -0.2) is 12.8 Å². The Morgan fingerprint density at radius 1 is 1.06 bits per heavy atom. The second kappa shape index (κ2) is 7.64. The number of halogens is 1. The van der Waals surface area contributed by atoms with E-state index < -0.39 is 10.0 Å². The van der Waals surface area contributed by atoms with E-state index in [1.54, 1.807) is 35.0 Å². The van der Waals surface area contributed by atoms with E-state index in [1.807, 2.05) is 20.0 Å². The molecule has 0 atom stereocenters. The van der Waals surface area contributed by atoms with E-state index in [1.165, 1.54) is 16.4 Å². The van der Waals surface area contributed by atoms with Gasteiger partial charge in [0, 0.05) is 43.4 Å². The molecule has 0 fully saturated rings. The summed E-state index contributed by atoms with van der Waals surface area (Å²) in [6, 6.07) is 12.6. The molecule has 32 heavy (non-hydrogen) atoms. The molecule has 3 heterocycles. The number of nitrogens with zero attached hydrogens (tertiary/aromatic N) is 5. The molecule has 0 saturated heterocycles. The highest BCUT2D eigenvalue weighted by Crippen LogP contribution is 2.33.